The van der Waals surface area contributed by atoms with Gasteiger partial charge in [-0.05, 0) is 25.1 Å². The summed E-state index contributed by atoms with van der Waals surface area (Å²) in [6.45, 7) is 4.97. The van der Waals surface area contributed by atoms with Gasteiger partial charge in [0.1, 0.15) is 11.5 Å². The summed E-state index contributed by atoms with van der Waals surface area (Å²) >= 11 is 0. The summed E-state index contributed by atoms with van der Waals surface area (Å²) in [5.41, 5.74) is 0.774. The van der Waals surface area contributed by atoms with Crippen molar-refractivity contribution < 1.29 is 13.9 Å². The minimum Gasteiger partial charge on any atom is -0.497 e. The Morgan fingerprint density at radius 1 is 1.10 bits per heavy atom. The number of rotatable bonds is 7. The average molecular weight is 291 g/mol. The zero-order chi connectivity index (χ0) is 15.2. The molecule has 0 aliphatic heterocycles. The van der Waals surface area contributed by atoms with Crippen LogP contribution in [-0.4, -0.2) is 31.0 Å². The number of hydrogen-bond donors (Lipinski definition) is 1. The molecule has 0 aliphatic rings. The van der Waals surface area contributed by atoms with Gasteiger partial charge < -0.3 is 19.2 Å². The van der Waals surface area contributed by atoms with Gasteiger partial charge in [-0.25, -0.2) is 0 Å². The van der Waals surface area contributed by atoms with Crippen molar-refractivity contribution >= 4 is 0 Å². The van der Waals surface area contributed by atoms with E-state index in [0.717, 1.165) is 18.5 Å². The first kappa shape index (κ1) is 15.3. The maximum Gasteiger partial charge on any atom is 0.248 e. The minimum atomic E-state index is 0.0729. The average Bonchev–Trinajstić information content (AvgIpc) is 3.01. The van der Waals surface area contributed by atoms with Crippen molar-refractivity contribution in [1.29, 1.82) is 0 Å². The number of methoxy groups -OCH3 is 2. The van der Waals surface area contributed by atoms with E-state index in [0.29, 0.717) is 23.3 Å². The van der Waals surface area contributed by atoms with E-state index in [-0.39, 0.29) is 6.04 Å². The van der Waals surface area contributed by atoms with Gasteiger partial charge in [0.25, 0.3) is 0 Å². The van der Waals surface area contributed by atoms with E-state index in [9.17, 15) is 0 Å². The van der Waals surface area contributed by atoms with Gasteiger partial charge in [0.2, 0.25) is 11.8 Å². The van der Waals surface area contributed by atoms with Gasteiger partial charge in [-0.2, -0.15) is 0 Å². The second kappa shape index (κ2) is 7.08. The lowest BCUT2D eigenvalue weighted by Crippen LogP contribution is -2.20. The number of ether oxygens (including phenoxy) is 2. The molecule has 0 fully saturated rings. The Morgan fingerprint density at radius 2 is 1.76 bits per heavy atom. The van der Waals surface area contributed by atoms with Crippen LogP contribution in [0.15, 0.2) is 22.6 Å². The molecule has 2 aromatic rings. The highest BCUT2D eigenvalue weighted by Crippen LogP contribution is 2.30. The monoisotopic (exact) mass is 291 g/mol. The summed E-state index contributed by atoms with van der Waals surface area (Å²) in [6.07, 6.45) is 0.886. The first-order valence-electron chi connectivity index (χ1n) is 7.02. The number of aromatic nitrogens is 2. The van der Waals surface area contributed by atoms with E-state index in [2.05, 4.69) is 22.4 Å². The zero-order valence-corrected chi connectivity index (χ0v) is 12.8. The molecule has 0 radical (unpaired) electrons. The molecule has 1 aromatic heterocycles. The number of benzene rings is 1. The highest BCUT2D eigenvalue weighted by molar-refractivity contribution is 5.59. The fraction of sp³-hybridized carbons (Fsp3) is 0.467. The largest absolute Gasteiger partial charge is 0.497 e. The molecule has 6 nitrogen and oxygen atoms in total. The third kappa shape index (κ3) is 3.52. The molecule has 0 saturated carbocycles. The Labute approximate surface area is 124 Å². The third-order valence-electron chi connectivity index (χ3n) is 3.20. The summed E-state index contributed by atoms with van der Waals surface area (Å²) in [5, 5.41) is 11.6. The quantitative estimate of drug-likeness (QED) is 0.846. The van der Waals surface area contributed by atoms with Crippen LogP contribution >= 0.6 is 0 Å². The Morgan fingerprint density at radius 3 is 2.29 bits per heavy atom. The molecule has 1 unspecified atom stereocenters. The molecule has 2 rings (SSSR count). The van der Waals surface area contributed by atoms with E-state index in [1.54, 1.807) is 20.3 Å². The van der Waals surface area contributed by atoms with E-state index in [1.807, 2.05) is 19.1 Å². The van der Waals surface area contributed by atoms with Crippen molar-refractivity contribution in [3.63, 3.8) is 0 Å². The van der Waals surface area contributed by atoms with Crippen LogP contribution in [0.25, 0.3) is 11.5 Å². The molecule has 114 valence electrons. The number of hydrogen-bond acceptors (Lipinski definition) is 6. The smallest absolute Gasteiger partial charge is 0.248 e. The van der Waals surface area contributed by atoms with Crippen molar-refractivity contribution in [3.8, 4) is 23.0 Å². The van der Waals surface area contributed by atoms with E-state index in [4.69, 9.17) is 13.9 Å². The molecule has 1 heterocycles. The Bertz CT molecular complexity index is 561. The van der Waals surface area contributed by atoms with Crippen LogP contribution in [-0.2, 0) is 0 Å². The van der Waals surface area contributed by atoms with Gasteiger partial charge in [-0.1, -0.05) is 13.8 Å². The molecule has 0 saturated heterocycles. The second-order valence-electron chi connectivity index (χ2n) is 4.57. The van der Waals surface area contributed by atoms with E-state index in [1.165, 1.54) is 0 Å². The van der Waals surface area contributed by atoms with E-state index < -0.39 is 0 Å². The Balaban J connectivity index is 2.32. The van der Waals surface area contributed by atoms with Crippen LogP contribution in [0.2, 0.25) is 0 Å². The maximum atomic E-state index is 5.78. The fourth-order valence-electron chi connectivity index (χ4n) is 2.08. The van der Waals surface area contributed by atoms with Gasteiger partial charge in [0.05, 0.1) is 20.3 Å². The Kier molecular flexibility index (Phi) is 5.16. The first-order chi connectivity index (χ1) is 10.2. The van der Waals surface area contributed by atoms with Gasteiger partial charge in [0.15, 0.2) is 0 Å². The van der Waals surface area contributed by atoms with Crippen LogP contribution in [0.3, 0.4) is 0 Å². The first-order valence-corrected chi connectivity index (χ1v) is 7.02. The molecular formula is C15H21N3O3. The van der Waals surface area contributed by atoms with Gasteiger partial charge >= 0.3 is 0 Å². The summed E-state index contributed by atoms with van der Waals surface area (Å²) < 4.78 is 16.3. The highest BCUT2D eigenvalue weighted by Gasteiger charge is 2.17. The molecule has 0 bridgehead atoms. The minimum absolute atomic E-state index is 0.0729. The number of nitrogens with one attached hydrogen (secondary N) is 1. The van der Waals surface area contributed by atoms with Crippen molar-refractivity contribution in [2.45, 2.75) is 26.3 Å². The lowest BCUT2D eigenvalue weighted by molar-refractivity contribution is 0.392. The van der Waals surface area contributed by atoms with Crippen LogP contribution in [0, 0.1) is 0 Å². The SMILES string of the molecule is CCNC(CC)c1nnc(-c2cc(OC)cc(OC)c2)o1. The van der Waals surface area contributed by atoms with Crippen molar-refractivity contribution in [2.24, 2.45) is 0 Å². The van der Waals surface area contributed by atoms with Gasteiger partial charge in [-0.15, -0.1) is 10.2 Å². The van der Waals surface area contributed by atoms with Crippen LogP contribution in [0.5, 0.6) is 11.5 Å². The summed E-state index contributed by atoms with van der Waals surface area (Å²) in [6, 6.07) is 5.56. The predicted octanol–water partition coefficient (Wildman–Crippen LogP) is 2.81. The summed E-state index contributed by atoms with van der Waals surface area (Å²) in [4.78, 5) is 0. The highest BCUT2D eigenvalue weighted by atomic mass is 16.5. The molecule has 1 atom stereocenters. The fourth-order valence-corrected chi connectivity index (χ4v) is 2.08. The molecule has 1 aromatic carbocycles. The summed E-state index contributed by atoms with van der Waals surface area (Å²) in [7, 11) is 3.21. The van der Waals surface area contributed by atoms with Crippen molar-refractivity contribution in [2.75, 3.05) is 20.8 Å². The van der Waals surface area contributed by atoms with Crippen molar-refractivity contribution in [1.82, 2.24) is 15.5 Å². The standard InChI is InChI=1S/C15H21N3O3/c1-5-13(16-6-2)15-18-17-14(21-15)10-7-11(19-3)9-12(8-10)20-4/h7-9,13,16H,5-6H2,1-4H3. The van der Waals surface area contributed by atoms with Gasteiger partial charge in [0, 0.05) is 11.6 Å². The molecular weight excluding hydrogens is 270 g/mol. The lowest BCUT2D eigenvalue weighted by atomic mass is 10.2. The third-order valence-corrected chi connectivity index (χ3v) is 3.20. The maximum absolute atomic E-state index is 5.78. The van der Waals surface area contributed by atoms with Crippen molar-refractivity contribution in [3.05, 3.63) is 24.1 Å². The van der Waals surface area contributed by atoms with Gasteiger partial charge in [-0.3, -0.25) is 0 Å². The van der Waals surface area contributed by atoms with Crippen LogP contribution < -0.4 is 14.8 Å². The topological polar surface area (TPSA) is 69.4 Å². The second-order valence-corrected chi connectivity index (χ2v) is 4.57. The number of nitrogens with zero attached hydrogens (tertiary/aromatic N) is 2. The molecule has 0 spiro atoms. The molecule has 0 amide bonds. The van der Waals surface area contributed by atoms with E-state index >= 15 is 0 Å². The van der Waals surface area contributed by atoms with Crippen LogP contribution in [0.4, 0.5) is 0 Å². The Hall–Kier alpha value is -2.08. The zero-order valence-electron chi connectivity index (χ0n) is 12.8. The predicted molar refractivity (Wildman–Crippen MR) is 79.5 cm³/mol. The molecule has 0 aliphatic carbocycles. The normalized spacial score (nSPS) is 12.2. The van der Waals surface area contributed by atoms with Crippen LogP contribution in [0.1, 0.15) is 32.2 Å². The lowest BCUT2D eigenvalue weighted by Gasteiger charge is -2.10. The molecule has 21 heavy (non-hydrogen) atoms. The molecule has 1 N–H and O–H groups in total. The summed E-state index contributed by atoms with van der Waals surface area (Å²) in [5.74, 6) is 2.42. The molecule has 6 heteroatoms.